The van der Waals surface area contributed by atoms with Gasteiger partial charge in [0.15, 0.2) is 11.9 Å². The highest BCUT2D eigenvalue weighted by Gasteiger charge is 2.31. The van der Waals surface area contributed by atoms with E-state index in [1.54, 1.807) is 0 Å². The van der Waals surface area contributed by atoms with E-state index in [1.807, 2.05) is 0 Å². The number of rotatable bonds is 5. The Labute approximate surface area is 140 Å². The van der Waals surface area contributed by atoms with Crippen LogP contribution in [0.3, 0.4) is 0 Å². The van der Waals surface area contributed by atoms with Crippen LogP contribution in [-0.4, -0.2) is 34.9 Å². The SMILES string of the molecule is COc1cn(-c2cccc(C(F)(F)F)c2)nc1C(=O)OC(C)C(N)=O. The van der Waals surface area contributed by atoms with Gasteiger partial charge >= 0.3 is 12.1 Å². The van der Waals surface area contributed by atoms with E-state index in [2.05, 4.69) is 5.10 Å². The third-order valence-electron chi connectivity index (χ3n) is 3.22. The van der Waals surface area contributed by atoms with Gasteiger partial charge in [0, 0.05) is 0 Å². The van der Waals surface area contributed by atoms with Crippen LogP contribution in [0.15, 0.2) is 30.5 Å². The number of methoxy groups -OCH3 is 1. The Kier molecular flexibility index (Phi) is 5.00. The van der Waals surface area contributed by atoms with Crippen LogP contribution in [-0.2, 0) is 15.7 Å². The van der Waals surface area contributed by atoms with Gasteiger partial charge in [-0.2, -0.15) is 18.3 Å². The summed E-state index contributed by atoms with van der Waals surface area (Å²) < 4.78 is 49.3. The molecule has 0 saturated carbocycles. The van der Waals surface area contributed by atoms with E-state index in [9.17, 15) is 22.8 Å². The number of ether oxygens (including phenoxy) is 2. The predicted molar refractivity (Wildman–Crippen MR) is 79.2 cm³/mol. The summed E-state index contributed by atoms with van der Waals surface area (Å²) >= 11 is 0. The highest BCUT2D eigenvalue weighted by molar-refractivity contribution is 5.92. The maximum atomic E-state index is 12.8. The quantitative estimate of drug-likeness (QED) is 0.825. The van der Waals surface area contributed by atoms with E-state index in [0.29, 0.717) is 0 Å². The van der Waals surface area contributed by atoms with Crippen LogP contribution in [0, 0.1) is 0 Å². The lowest BCUT2D eigenvalue weighted by Crippen LogP contribution is -2.30. The van der Waals surface area contributed by atoms with Crippen molar-refractivity contribution in [1.29, 1.82) is 0 Å². The van der Waals surface area contributed by atoms with Gasteiger partial charge in [-0.3, -0.25) is 4.79 Å². The molecule has 0 fully saturated rings. The van der Waals surface area contributed by atoms with Crippen LogP contribution in [0.2, 0.25) is 0 Å². The van der Waals surface area contributed by atoms with Gasteiger partial charge < -0.3 is 15.2 Å². The van der Waals surface area contributed by atoms with Crippen LogP contribution >= 0.6 is 0 Å². The molecule has 2 aromatic rings. The first-order chi connectivity index (χ1) is 11.6. The summed E-state index contributed by atoms with van der Waals surface area (Å²) in [5.74, 6) is -1.88. The van der Waals surface area contributed by atoms with Crippen LogP contribution in [0.4, 0.5) is 13.2 Å². The number of nitrogens with two attached hydrogens (primary N) is 1. The van der Waals surface area contributed by atoms with Gasteiger partial charge in [0.1, 0.15) is 0 Å². The average Bonchev–Trinajstić information content (AvgIpc) is 2.98. The van der Waals surface area contributed by atoms with Gasteiger partial charge in [-0.1, -0.05) is 6.07 Å². The molecule has 2 N–H and O–H groups in total. The molecule has 0 radical (unpaired) electrons. The second-order valence-electron chi connectivity index (χ2n) is 4.99. The van der Waals surface area contributed by atoms with E-state index >= 15 is 0 Å². The highest BCUT2D eigenvalue weighted by Crippen LogP contribution is 2.30. The molecule has 1 amide bonds. The van der Waals surface area contributed by atoms with Gasteiger partial charge in [0.25, 0.3) is 5.91 Å². The summed E-state index contributed by atoms with van der Waals surface area (Å²) in [5.41, 5.74) is 3.90. The minimum atomic E-state index is -4.52. The van der Waals surface area contributed by atoms with Crippen molar-refractivity contribution in [3.8, 4) is 11.4 Å². The van der Waals surface area contributed by atoms with Gasteiger partial charge in [0.2, 0.25) is 5.69 Å². The van der Waals surface area contributed by atoms with Crippen molar-refractivity contribution in [3.63, 3.8) is 0 Å². The zero-order valence-electron chi connectivity index (χ0n) is 13.2. The Bertz CT molecular complexity index is 802. The molecule has 10 heteroatoms. The molecule has 1 unspecified atom stereocenters. The first-order valence-electron chi connectivity index (χ1n) is 6.95. The lowest BCUT2D eigenvalue weighted by atomic mass is 10.2. The number of carbonyl (C=O) groups is 2. The molecule has 0 aliphatic heterocycles. The molecule has 0 bridgehead atoms. The fourth-order valence-corrected chi connectivity index (χ4v) is 1.88. The maximum Gasteiger partial charge on any atom is 0.416 e. The Morgan fingerprint density at radius 1 is 1.32 bits per heavy atom. The molecule has 0 spiro atoms. The molecule has 0 aliphatic carbocycles. The summed E-state index contributed by atoms with van der Waals surface area (Å²) in [7, 11) is 1.25. The highest BCUT2D eigenvalue weighted by atomic mass is 19.4. The lowest BCUT2D eigenvalue weighted by Gasteiger charge is -2.09. The van der Waals surface area contributed by atoms with Crippen molar-refractivity contribution in [2.75, 3.05) is 7.11 Å². The molecule has 0 saturated heterocycles. The summed E-state index contributed by atoms with van der Waals surface area (Å²) in [4.78, 5) is 23.0. The van der Waals surface area contributed by atoms with Crippen molar-refractivity contribution < 1.29 is 32.2 Å². The Morgan fingerprint density at radius 2 is 2.00 bits per heavy atom. The Morgan fingerprint density at radius 3 is 2.56 bits per heavy atom. The monoisotopic (exact) mass is 357 g/mol. The number of primary amides is 1. The number of hydrogen-bond acceptors (Lipinski definition) is 5. The molecule has 2 rings (SSSR count). The fraction of sp³-hybridized carbons (Fsp3) is 0.267. The third kappa shape index (κ3) is 4.08. The Hall–Kier alpha value is -3.04. The summed E-state index contributed by atoms with van der Waals surface area (Å²) in [5, 5.41) is 3.88. The molecule has 25 heavy (non-hydrogen) atoms. The lowest BCUT2D eigenvalue weighted by molar-refractivity contribution is -0.137. The summed E-state index contributed by atoms with van der Waals surface area (Å²) in [6.45, 7) is 1.27. The maximum absolute atomic E-state index is 12.8. The summed E-state index contributed by atoms with van der Waals surface area (Å²) in [6, 6.07) is 4.36. The Balaban J connectivity index is 2.38. The largest absolute Gasteiger partial charge is 0.493 e. The third-order valence-corrected chi connectivity index (χ3v) is 3.22. The van der Waals surface area contributed by atoms with E-state index in [0.717, 1.165) is 16.8 Å². The fourth-order valence-electron chi connectivity index (χ4n) is 1.88. The van der Waals surface area contributed by atoms with Crippen LogP contribution in [0.25, 0.3) is 5.69 Å². The molecule has 0 aliphatic rings. The van der Waals surface area contributed by atoms with Crippen molar-refractivity contribution in [2.45, 2.75) is 19.2 Å². The van der Waals surface area contributed by atoms with Gasteiger partial charge in [0.05, 0.1) is 24.6 Å². The van der Waals surface area contributed by atoms with Crippen molar-refractivity contribution in [1.82, 2.24) is 9.78 Å². The zero-order valence-corrected chi connectivity index (χ0v) is 13.2. The van der Waals surface area contributed by atoms with Crippen molar-refractivity contribution in [2.24, 2.45) is 5.73 Å². The van der Waals surface area contributed by atoms with Crippen molar-refractivity contribution in [3.05, 3.63) is 41.7 Å². The number of aromatic nitrogens is 2. The molecule has 1 aromatic carbocycles. The summed E-state index contributed by atoms with van der Waals surface area (Å²) in [6.07, 6.45) is -4.50. The van der Waals surface area contributed by atoms with E-state index in [-0.39, 0.29) is 17.1 Å². The molecular formula is C15H14F3N3O4. The first-order valence-corrected chi connectivity index (χ1v) is 6.95. The minimum absolute atomic E-state index is 0.0286. The number of hydrogen-bond donors (Lipinski definition) is 1. The normalized spacial score (nSPS) is 12.5. The number of alkyl halides is 3. The van der Waals surface area contributed by atoms with Crippen LogP contribution in [0.1, 0.15) is 23.0 Å². The standard InChI is InChI=1S/C15H14F3N3O4/c1-8(13(19)22)25-14(23)12-11(24-2)7-21(20-12)10-5-3-4-9(6-10)15(16,17)18/h3-8H,1-2H3,(H2,19,22). The number of esters is 1. The second kappa shape index (κ2) is 6.83. The van der Waals surface area contributed by atoms with Crippen LogP contribution in [0.5, 0.6) is 5.75 Å². The van der Waals surface area contributed by atoms with Gasteiger partial charge in [-0.15, -0.1) is 0 Å². The first kappa shape index (κ1) is 18.3. The van der Waals surface area contributed by atoms with E-state index < -0.39 is 29.7 Å². The smallest absolute Gasteiger partial charge is 0.416 e. The predicted octanol–water partition coefficient (Wildman–Crippen LogP) is 1.93. The molecule has 1 atom stereocenters. The molecule has 134 valence electrons. The number of carbonyl (C=O) groups excluding carboxylic acids is 2. The second-order valence-corrected chi connectivity index (χ2v) is 4.99. The van der Waals surface area contributed by atoms with E-state index in [4.69, 9.17) is 15.2 Å². The van der Waals surface area contributed by atoms with Gasteiger partial charge in [-0.05, 0) is 25.1 Å². The minimum Gasteiger partial charge on any atom is -0.493 e. The zero-order chi connectivity index (χ0) is 18.8. The van der Waals surface area contributed by atoms with E-state index in [1.165, 1.54) is 32.4 Å². The van der Waals surface area contributed by atoms with Crippen molar-refractivity contribution >= 4 is 11.9 Å². The molecular weight excluding hydrogens is 343 g/mol. The van der Waals surface area contributed by atoms with Crippen LogP contribution < -0.4 is 10.5 Å². The number of nitrogens with zero attached hydrogens (tertiary/aromatic N) is 2. The molecule has 7 nitrogen and oxygen atoms in total. The average molecular weight is 357 g/mol. The number of amides is 1. The topological polar surface area (TPSA) is 96.4 Å². The number of benzene rings is 1. The number of halogens is 3. The molecule has 1 heterocycles. The van der Waals surface area contributed by atoms with Gasteiger partial charge in [-0.25, -0.2) is 9.48 Å². The molecule has 1 aromatic heterocycles.